The van der Waals surface area contributed by atoms with Crippen molar-refractivity contribution in [2.75, 3.05) is 31.6 Å². The van der Waals surface area contributed by atoms with Gasteiger partial charge in [0.25, 0.3) is 0 Å². The molecule has 8 heteroatoms. The fraction of sp³-hybridized carbons (Fsp3) is 0.333. The SMILES string of the molecule is O=C(Nc1ccccc1)C1CCCN(C(=O)NCCOc2ccc(F)c(F)c2)C1. The minimum Gasteiger partial charge on any atom is -0.492 e. The maximum atomic E-state index is 13.1. The zero-order chi connectivity index (χ0) is 20.6. The standard InChI is InChI=1S/C21H23F2N3O3/c22-18-9-8-17(13-19(18)23)29-12-10-24-21(28)26-11-4-5-15(14-26)20(27)25-16-6-2-1-3-7-16/h1-3,6-9,13,15H,4-5,10-12,14H2,(H,24,28)(H,25,27). The number of ether oxygens (including phenoxy) is 1. The number of benzene rings is 2. The van der Waals surface area contributed by atoms with Gasteiger partial charge in [-0.3, -0.25) is 4.79 Å². The maximum absolute atomic E-state index is 13.1. The third kappa shape index (κ3) is 5.91. The topological polar surface area (TPSA) is 70.7 Å². The van der Waals surface area contributed by atoms with Crippen molar-refractivity contribution in [1.82, 2.24) is 10.2 Å². The summed E-state index contributed by atoms with van der Waals surface area (Å²) in [7, 11) is 0. The molecule has 1 saturated heterocycles. The Morgan fingerprint density at radius 1 is 1.10 bits per heavy atom. The summed E-state index contributed by atoms with van der Waals surface area (Å²) in [5, 5.41) is 5.60. The summed E-state index contributed by atoms with van der Waals surface area (Å²) in [5.74, 6) is -2.11. The highest BCUT2D eigenvalue weighted by Crippen LogP contribution is 2.19. The molecule has 3 rings (SSSR count). The summed E-state index contributed by atoms with van der Waals surface area (Å²) in [6.07, 6.45) is 1.47. The number of amides is 3. The maximum Gasteiger partial charge on any atom is 0.317 e. The number of likely N-dealkylation sites (tertiary alicyclic amines) is 1. The van der Waals surface area contributed by atoms with E-state index in [1.807, 2.05) is 30.3 Å². The van der Waals surface area contributed by atoms with Gasteiger partial charge in [-0.05, 0) is 37.1 Å². The lowest BCUT2D eigenvalue weighted by molar-refractivity contribution is -0.121. The number of nitrogens with one attached hydrogen (secondary N) is 2. The molecule has 2 aromatic carbocycles. The van der Waals surface area contributed by atoms with Crippen molar-refractivity contribution in [2.24, 2.45) is 5.92 Å². The van der Waals surface area contributed by atoms with Gasteiger partial charge in [-0.2, -0.15) is 0 Å². The number of para-hydroxylation sites is 1. The van der Waals surface area contributed by atoms with Crippen LogP contribution in [0.4, 0.5) is 19.3 Å². The Bertz CT molecular complexity index is 848. The van der Waals surface area contributed by atoms with Gasteiger partial charge < -0.3 is 20.3 Å². The molecule has 0 radical (unpaired) electrons. The van der Waals surface area contributed by atoms with E-state index >= 15 is 0 Å². The fourth-order valence-electron chi connectivity index (χ4n) is 3.15. The Hall–Kier alpha value is -3.16. The highest BCUT2D eigenvalue weighted by Gasteiger charge is 2.28. The third-order valence-corrected chi connectivity index (χ3v) is 4.66. The lowest BCUT2D eigenvalue weighted by Gasteiger charge is -2.32. The number of nitrogens with zero attached hydrogens (tertiary/aromatic N) is 1. The number of halogens is 2. The predicted octanol–water partition coefficient (Wildman–Crippen LogP) is 3.40. The van der Waals surface area contributed by atoms with Gasteiger partial charge in [0.2, 0.25) is 5.91 Å². The number of anilines is 1. The van der Waals surface area contributed by atoms with Crippen molar-refractivity contribution >= 4 is 17.6 Å². The van der Waals surface area contributed by atoms with E-state index in [9.17, 15) is 18.4 Å². The van der Waals surface area contributed by atoms with Crippen LogP contribution in [-0.4, -0.2) is 43.1 Å². The first-order valence-electron chi connectivity index (χ1n) is 9.49. The normalized spacial score (nSPS) is 16.2. The fourth-order valence-corrected chi connectivity index (χ4v) is 3.15. The lowest BCUT2D eigenvalue weighted by Crippen LogP contribution is -2.48. The minimum absolute atomic E-state index is 0.102. The van der Waals surface area contributed by atoms with Crippen molar-refractivity contribution in [3.63, 3.8) is 0 Å². The van der Waals surface area contributed by atoms with Crippen LogP contribution in [0.2, 0.25) is 0 Å². The van der Waals surface area contributed by atoms with Crippen LogP contribution in [0.3, 0.4) is 0 Å². The summed E-state index contributed by atoms with van der Waals surface area (Å²) in [6.45, 7) is 1.23. The van der Waals surface area contributed by atoms with Crippen LogP contribution < -0.4 is 15.4 Å². The molecule has 0 aliphatic carbocycles. The molecule has 1 aliphatic heterocycles. The summed E-state index contributed by atoms with van der Waals surface area (Å²) in [6, 6.07) is 12.2. The van der Waals surface area contributed by atoms with Crippen molar-refractivity contribution < 1.29 is 23.1 Å². The van der Waals surface area contributed by atoms with E-state index in [4.69, 9.17) is 4.74 Å². The molecule has 1 aliphatic rings. The molecule has 0 aromatic heterocycles. The second-order valence-electron chi connectivity index (χ2n) is 6.80. The summed E-state index contributed by atoms with van der Waals surface area (Å²) >= 11 is 0. The van der Waals surface area contributed by atoms with E-state index in [1.54, 1.807) is 4.90 Å². The van der Waals surface area contributed by atoms with Crippen LogP contribution in [0.5, 0.6) is 5.75 Å². The molecule has 2 aromatic rings. The van der Waals surface area contributed by atoms with Gasteiger partial charge in [-0.25, -0.2) is 13.6 Å². The van der Waals surface area contributed by atoms with E-state index in [-0.39, 0.29) is 36.8 Å². The quantitative estimate of drug-likeness (QED) is 0.727. The molecule has 1 unspecified atom stereocenters. The number of hydrogen-bond acceptors (Lipinski definition) is 3. The molecule has 2 N–H and O–H groups in total. The highest BCUT2D eigenvalue weighted by molar-refractivity contribution is 5.93. The molecule has 0 bridgehead atoms. The van der Waals surface area contributed by atoms with E-state index in [0.29, 0.717) is 13.1 Å². The molecular formula is C21H23F2N3O3. The van der Waals surface area contributed by atoms with Gasteiger partial charge in [0.15, 0.2) is 11.6 Å². The highest BCUT2D eigenvalue weighted by atomic mass is 19.2. The van der Waals surface area contributed by atoms with Crippen LogP contribution in [0.25, 0.3) is 0 Å². The number of piperidine rings is 1. The number of urea groups is 1. The Morgan fingerprint density at radius 2 is 1.90 bits per heavy atom. The van der Waals surface area contributed by atoms with E-state index in [1.165, 1.54) is 6.07 Å². The number of hydrogen-bond donors (Lipinski definition) is 2. The van der Waals surface area contributed by atoms with Gasteiger partial charge in [-0.15, -0.1) is 0 Å². The van der Waals surface area contributed by atoms with E-state index in [2.05, 4.69) is 10.6 Å². The van der Waals surface area contributed by atoms with Gasteiger partial charge in [0.1, 0.15) is 12.4 Å². The summed E-state index contributed by atoms with van der Waals surface area (Å²) < 4.78 is 31.3. The molecule has 3 amide bonds. The molecule has 0 saturated carbocycles. The van der Waals surface area contributed by atoms with Crippen LogP contribution in [0.15, 0.2) is 48.5 Å². The smallest absolute Gasteiger partial charge is 0.317 e. The molecular weight excluding hydrogens is 380 g/mol. The number of carbonyl (C=O) groups is 2. The molecule has 29 heavy (non-hydrogen) atoms. The van der Waals surface area contributed by atoms with Gasteiger partial charge >= 0.3 is 6.03 Å². The first-order chi connectivity index (χ1) is 14.0. The molecule has 154 valence electrons. The zero-order valence-corrected chi connectivity index (χ0v) is 15.9. The van der Waals surface area contributed by atoms with Gasteiger partial charge in [-0.1, -0.05) is 18.2 Å². The molecule has 1 fully saturated rings. The largest absolute Gasteiger partial charge is 0.492 e. The second-order valence-corrected chi connectivity index (χ2v) is 6.80. The van der Waals surface area contributed by atoms with E-state index < -0.39 is 11.6 Å². The molecule has 1 atom stereocenters. The number of carbonyl (C=O) groups excluding carboxylic acids is 2. The van der Waals surface area contributed by atoms with Crippen LogP contribution in [0, 0.1) is 17.6 Å². The first-order valence-corrected chi connectivity index (χ1v) is 9.49. The summed E-state index contributed by atoms with van der Waals surface area (Å²) in [4.78, 5) is 26.4. The zero-order valence-electron chi connectivity index (χ0n) is 15.9. The van der Waals surface area contributed by atoms with Crippen molar-refractivity contribution in [3.05, 3.63) is 60.2 Å². The van der Waals surface area contributed by atoms with Crippen LogP contribution >= 0.6 is 0 Å². The minimum atomic E-state index is -0.986. The average molecular weight is 403 g/mol. The average Bonchev–Trinajstić information content (AvgIpc) is 2.74. The molecule has 0 spiro atoms. The summed E-state index contributed by atoms with van der Waals surface area (Å²) in [5.41, 5.74) is 0.730. The number of rotatable bonds is 6. The van der Waals surface area contributed by atoms with Crippen molar-refractivity contribution in [3.8, 4) is 5.75 Å². The predicted molar refractivity (Wildman–Crippen MR) is 105 cm³/mol. The molecule has 1 heterocycles. The van der Waals surface area contributed by atoms with Crippen molar-refractivity contribution in [1.29, 1.82) is 0 Å². The Balaban J connectivity index is 1.42. The molecule has 6 nitrogen and oxygen atoms in total. The van der Waals surface area contributed by atoms with Gasteiger partial charge in [0, 0.05) is 24.8 Å². The second kappa shape index (κ2) is 9.86. The third-order valence-electron chi connectivity index (χ3n) is 4.66. The van der Waals surface area contributed by atoms with Crippen LogP contribution in [-0.2, 0) is 4.79 Å². The Morgan fingerprint density at radius 3 is 2.66 bits per heavy atom. The first kappa shape index (κ1) is 20.6. The van der Waals surface area contributed by atoms with E-state index in [0.717, 1.165) is 30.7 Å². The lowest BCUT2D eigenvalue weighted by atomic mass is 9.97. The Labute approximate surface area is 167 Å². The Kier molecular flexibility index (Phi) is 6.99. The van der Waals surface area contributed by atoms with Crippen molar-refractivity contribution in [2.45, 2.75) is 12.8 Å². The monoisotopic (exact) mass is 403 g/mol. The van der Waals surface area contributed by atoms with Gasteiger partial charge in [0.05, 0.1) is 12.5 Å². The van der Waals surface area contributed by atoms with Crippen LogP contribution in [0.1, 0.15) is 12.8 Å².